The number of halogens is 1. The summed E-state index contributed by atoms with van der Waals surface area (Å²) in [6, 6.07) is 25.1. The third-order valence-corrected chi connectivity index (χ3v) is 6.35. The van der Waals surface area contributed by atoms with Crippen LogP contribution in [0.3, 0.4) is 0 Å². The Morgan fingerprint density at radius 3 is 2.07 bits per heavy atom. The van der Waals surface area contributed by atoms with Crippen LogP contribution >= 0.6 is 11.6 Å². The highest BCUT2D eigenvalue weighted by Gasteiger charge is 2.39. The van der Waals surface area contributed by atoms with Gasteiger partial charge >= 0.3 is 0 Å². The molecule has 0 spiro atoms. The fourth-order valence-corrected chi connectivity index (χ4v) is 4.63. The summed E-state index contributed by atoms with van der Waals surface area (Å²) < 4.78 is -0.754. The van der Waals surface area contributed by atoms with E-state index < -0.39 is 4.65 Å². The molecule has 0 saturated carbocycles. The van der Waals surface area contributed by atoms with Gasteiger partial charge in [0.1, 0.15) is 38.8 Å². The van der Waals surface area contributed by atoms with Crippen LogP contribution in [0.1, 0.15) is 28.3 Å². The van der Waals surface area contributed by atoms with Crippen molar-refractivity contribution < 1.29 is 9.29 Å². The molecule has 4 rings (SSSR count). The van der Waals surface area contributed by atoms with E-state index in [0.29, 0.717) is 24.7 Å². The first-order valence-corrected chi connectivity index (χ1v) is 10.8. The number of aryl methyl sites for hydroxylation is 1. The first-order valence-electron chi connectivity index (χ1n) is 10.4. The topological polar surface area (TPSA) is 46.1 Å². The molecule has 3 aromatic rings. The van der Waals surface area contributed by atoms with Crippen LogP contribution in [-0.4, -0.2) is 35.5 Å². The number of benzene rings is 3. The smallest absolute Gasteiger partial charge is 0.140 e. The zero-order valence-corrected chi connectivity index (χ0v) is 18.0. The van der Waals surface area contributed by atoms with E-state index >= 15 is 0 Å². The molecular weight excluding hydrogens is 396 g/mol. The number of rotatable bonds is 5. The van der Waals surface area contributed by atoms with Gasteiger partial charge in [-0.25, -0.2) is 0 Å². The Hall–Kier alpha value is -2.21. The molecule has 4 nitrogen and oxygen atoms in total. The summed E-state index contributed by atoms with van der Waals surface area (Å²) in [7, 11) is 0. The highest BCUT2D eigenvalue weighted by Crippen LogP contribution is 2.37. The Bertz CT molecular complexity index is 984. The Morgan fingerprint density at radius 1 is 0.800 bits per heavy atom. The number of quaternary nitrogens is 2. The summed E-state index contributed by atoms with van der Waals surface area (Å²) in [5, 5.41) is 28.1. The second kappa shape index (κ2) is 8.50. The van der Waals surface area contributed by atoms with E-state index in [1.807, 2.05) is 79.7 Å². The number of hydrogen-bond acceptors (Lipinski definition) is 2. The van der Waals surface area contributed by atoms with Crippen LogP contribution in [0.2, 0.25) is 5.02 Å². The van der Waals surface area contributed by atoms with Gasteiger partial charge < -0.3 is 19.7 Å². The molecule has 30 heavy (non-hydrogen) atoms. The summed E-state index contributed by atoms with van der Waals surface area (Å²) in [6.45, 7) is 3.65. The molecule has 1 fully saturated rings. The van der Waals surface area contributed by atoms with Gasteiger partial charge in [-0.3, -0.25) is 0 Å². The highest BCUT2D eigenvalue weighted by molar-refractivity contribution is 6.30. The van der Waals surface area contributed by atoms with Gasteiger partial charge in [0.05, 0.1) is 0 Å². The molecule has 0 amide bonds. The SMILES string of the molecule is Cc1cccc(C[N+]2([O-])CC[N+]([O-])(C(c3ccccc3)c3ccc(Cl)cc3)CC2)c1. The lowest BCUT2D eigenvalue weighted by molar-refractivity contribution is -1.01. The second-order valence-corrected chi connectivity index (χ2v) is 8.85. The summed E-state index contributed by atoms with van der Waals surface area (Å²) in [5.74, 6) is 0. The van der Waals surface area contributed by atoms with E-state index in [-0.39, 0.29) is 23.8 Å². The molecule has 0 N–H and O–H groups in total. The Balaban J connectivity index is 1.59. The zero-order valence-electron chi connectivity index (χ0n) is 17.2. The van der Waals surface area contributed by atoms with Gasteiger partial charge in [-0.05, 0) is 19.1 Å². The molecule has 3 aromatic carbocycles. The molecule has 1 atom stereocenters. The van der Waals surface area contributed by atoms with Crippen LogP contribution in [0.15, 0.2) is 78.9 Å². The monoisotopic (exact) mass is 422 g/mol. The zero-order chi connectivity index (χ0) is 21.2. The summed E-state index contributed by atoms with van der Waals surface area (Å²) in [6.07, 6.45) is 0. The number of piperazine rings is 1. The van der Waals surface area contributed by atoms with Gasteiger partial charge in [-0.15, -0.1) is 0 Å². The van der Waals surface area contributed by atoms with E-state index in [9.17, 15) is 10.4 Å². The van der Waals surface area contributed by atoms with Crippen LogP contribution in [0.5, 0.6) is 0 Å². The Labute approximate surface area is 183 Å². The first-order chi connectivity index (χ1) is 14.4. The van der Waals surface area contributed by atoms with Gasteiger partial charge in [-0.1, -0.05) is 83.9 Å². The maximum atomic E-state index is 14.1. The van der Waals surface area contributed by atoms with Crippen LogP contribution < -0.4 is 0 Å². The number of hydrogen-bond donors (Lipinski definition) is 0. The van der Waals surface area contributed by atoms with Gasteiger partial charge in [0.15, 0.2) is 0 Å². The molecule has 1 aliphatic rings. The van der Waals surface area contributed by atoms with Crippen molar-refractivity contribution in [1.82, 2.24) is 0 Å². The predicted octanol–water partition coefficient (Wildman–Crippen LogP) is 5.58. The maximum absolute atomic E-state index is 14.1. The minimum absolute atomic E-state index is 0.289. The van der Waals surface area contributed by atoms with Crippen molar-refractivity contribution in [3.63, 3.8) is 0 Å². The lowest BCUT2D eigenvalue weighted by Crippen LogP contribution is -2.63. The molecular formula is C25H27ClN2O2. The molecule has 1 heterocycles. The van der Waals surface area contributed by atoms with Crippen LogP contribution in [0.4, 0.5) is 0 Å². The Kier molecular flexibility index (Phi) is 5.96. The third-order valence-electron chi connectivity index (χ3n) is 6.10. The van der Waals surface area contributed by atoms with Crippen molar-refractivity contribution in [2.75, 3.05) is 26.2 Å². The largest absolute Gasteiger partial charge is 0.632 e. The van der Waals surface area contributed by atoms with Crippen molar-refractivity contribution in [3.05, 3.63) is 117 Å². The quantitative estimate of drug-likeness (QED) is 0.398. The van der Waals surface area contributed by atoms with Crippen molar-refractivity contribution in [2.24, 2.45) is 0 Å². The molecule has 0 aromatic heterocycles. The number of hydroxylamine groups is 6. The van der Waals surface area contributed by atoms with Crippen molar-refractivity contribution in [2.45, 2.75) is 19.5 Å². The summed E-state index contributed by atoms with van der Waals surface area (Å²) >= 11 is 6.08. The van der Waals surface area contributed by atoms with Crippen molar-refractivity contribution >= 4 is 11.6 Å². The van der Waals surface area contributed by atoms with E-state index in [4.69, 9.17) is 11.6 Å². The minimum Gasteiger partial charge on any atom is -0.632 e. The van der Waals surface area contributed by atoms with Gasteiger partial charge in [0.25, 0.3) is 0 Å². The van der Waals surface area contributed by atoms with Crippen LogP contribution in [0, 0.1) is 17.3 Å². The lowest BCUT2D eigenvalue weighted by atomic mass is 9.95. The van der Waals surface area contributed by atoms with Crippen LogP contribution in [0.25, 0.3) is 0 Å². The molecule has 0 aliphatic carbocycles. The molecule has 0 bridgehead atoms. The normalized spacial score (nSPS) is 25.1. The van der Waals surface area contributed by atoms with E-state index in [2.05, 4.69) is 6.07 Å². The predicted molar refractivity (Wildman–Crippen MR) is 121 cm³/mol. The van der Waals surface area contributed by atoms with Gasteiger partial charge in [0, 0.05) is 21.7 Å². The van der Waals surface area contributed by atoms with E-state index in [1.165, 1.54) is 0 Å². The average Bonchev–Trinajstić information content (AvgIpc) is 2.73. The Morgan fingerprint density at radius 2 is 1.43 bits per heavy atom. The van der Waals surface area contributed by atoms with E-state index in [0.717, 1.165) is 22.3 Å². The fourth-order valence-electron chi connectivity index (χ4n) is 4.50. The fraction of sp³-hybridized carbons (Fsp3) is 0.280. The highest BCUT2D eigenvalue weighted by atomic mass is 35.5. The maximum Gasteiger partial charge on any atom is 0.140 e. The number of nitrogens with zero attached hydrogens (tertiary/aromatic N) is 2. The van der Waals surface area contributed by atoms with E-state index in [1.54, 1.807) is 0 Å². The molecule has 1 saturated heterocycles. The standard InChI is InChI=1S/C25H27ClN2O2/c1-20-6-5-7-21(18-20)19-27(29)14-16-28(30,17-15-27)25(22-8-3-2-4-9-22)23-10-12-24(26)13-11-23/h2-13,18,25H,14-17,19H2,1H3. The van der Waals surface area contributed by atoms with Crippen molar-refractivity contribution in [1.29, 1.82) is 0 Å². The molecule has 5 heteroatoms. The summed E-state index contributed by atoms with van der Waals surface area (Å²) in [4.78, 5) is 0. The van der Waals surface area contributed by atoms with Crippen LogP contribution in [-0.2, 0) is 6.54 Å². The molecule has 1 unspecified atom stereocenters. The molecule has 1 aliphatic heterocycles. The van der Waals surface area contributed by atoms with Gasteiger partial charge in [0.2, 0.25) is 0 Å². The molecule has 0 radical (unpaired) electrons. The minimum atomic E-state index is -0.415. The summed E-state index contributed by atoms with van der Waals surface area (Å²) in [5.41, 5.74) is 4.09. The van der Waals surface area contributed by atoms with Gasteiger partial charge in [-0.2, -0.15) is 0 Å². The third kappa shape index (κ3) is 4.59. The second-order valence-electron chi connectivity index (χ2n) is 8.42. The lowest BCUT2D eigenvalue weighted by Gasteiger charge is -2.57. The van der Waals surface area contributed by atoms with Crippen molar-refractivity contribution in [3.8, 4) is 0 Å². The first kappa shape index (κ1) is 21.0. The molecule has 156 valence electrons. The average molecular weight is 423 g/mol.